The van der Waals surface area contributed by atoms with Crippen molar-refractivity contribution in [3.8, 4) is 17.0 Å². The molecule has 1 aromatic carbocycles. The van der Waals surface area contributed by atoms with Crippen LogP contribution in [-0.2, 0) is 19.4 Å². The molecule has 1 fully saturated rings. The number of ether oxygens (including phenoxy) is 1. The summed E-state index contributed by atoms with van der Waals surface area (Å²) in [5.41, 5.74) is 3.04. The minimum absolute atomic E-state index is 0.279. The average Bonchev–Trinajstić information content (AvgIpc) is 2.63. The van der Waals surface area contributed by atoms with E-state index in [0.29, 0.717) is 36.5 Å². The molecule has 1 saturated heterocycles. The second-order valence-electron chi connectivity index (χ2n) is 7.18. The Balaban J connectivity index is 1.93. The monoisotopic (exact) mass is 390 g/mol. The summed E-state index contributed by atoms with van der Waals surface area (Å²) in [5, 5.41) is 9.21. The molecule has 2 aliphatic rings. The van der Waals surface area contributed by atoms with Crippen LogP contribution in [0.1, 0.15) is 28.4 Å². The van der Waals surface area contributed by atoms with Crippen LogP contribution in [0.2, 0.25) is 0 Å². The van der Waals surface area contributed by atoms with Gasteiger partial charge in [0.05, 0.1) is 31.6 Å². The standard InChI is InChI=1S/C20H20F2N2O4/c1-3-11-12-4-5-23-8-14(19(26)27)17(25)7-15(23)13(12)6-16(18(11)28-2)24-9-20(21,22)10-24/h6-8H,3-5,9-10H2,1-2H3,(H,26,27). The molecule has 8 heteroatoms. The molecule has 2 aromatic rings. The molecule has 0 amide bonds. The largest absolute Gasteiger partial charge is 0.494 e. The number of rotatable bonds is 4. The van der Waals surface area contributed by atoms with Crippen LogP contribution < -0.4 is 15.1 Å². The summed E-state index contributed by atoms with van der Waals surface area (Å²) in [6.45, 7) is 1.74. The minimum atomic E-state index is -2.72. The SMILES string of the molecule is CCc1c2c(cc(N3CC(F)(F)C3)c1OC)-c1cc(=O)c(C(=O)O)cn1CC2. The second kappa shape index (κ2) is 6.32. The second-order valence-corrected chi connectivity index (χ2v) is 7.18. The van der Waals surface area contributed by atoms with Gasteiger partial charge >= 0.3 is 5.97 Å². The zero-order chi connectivity index (χ0) is 20.2. The van der Waals surface area contributed by atoms with E-state index in [2.05, 4.69) is 0 Å². The van der Waals surface area contributed by atoms with Crippen molar-refractivity contribution >= 4 is 11.7 Å². The highest BCUT2D eigenvalue weighted by Crippen LogP contribution is 2.45. The van der Waals surface area contributed by atoms with Gasteiger partial charge in [-0.15, -0.1) is 0 Å². The zero-order valence-electron chi connectivity index (χ0n) is 15.6. The van der Waals surface area contributed by atoms with Crippen LogP contribution in [0.15, 0.2) is 23.1 Å². The van der Waals surface area contributed by atoms with Crippen LogP contribution in [0.5, 0.6) is 5.75 Å². The maximum absolute atomic E-state index is 13.5. The van der Waals surface area contributed by atoms with Crippen molar-refractivity contribution in [2.24, 2.45) is 0 Å². The van der Waals surface area contributed by atoms with Crippen LogP contribution >= 0.6 is 0 Å². The Morgan fingerprint density at radius 3 is 2.61 bits per heavy atom. The van der Waals surface area contributed by atoms with E-state index in [-0.39, 0.29) is 18.7 Å². The fourth-order valence-corrected chi connectivity index (χ4v) is 4.16. The van der Waals surface area contributed by atoms with E-state index in [1.54, 1.807) is 15.5 Å². The van der Waals surface area contributed by atoms with Crippen molar-refractivity contribution in [1.29, 1.82) is 0 Å². The lowest BCUT2D eigenvalue weighted by atomic mass is 9.89. The Bertz CT molecular complexity index is 1040. The lowest BCUT2D eigenvalue weighted by Gasteiger charge is -2.42. The number of aromatic carboxylic acids is 1. The molecule has 6 nitrogen and oxygen atoms in total. The van der Waals surface area contributed by atoms with Gasteiger partial charge in [-0.3, -0.25) is 4.79 Å². The molecular weight excluding hydrogens is 370 g/mol. The molecule has 0 unspecified atom stereocenters. The highest BCUT2D eigenvalue weighted by Gasteiger charge is 2.45. The van der Waals surface area contributed by atoms with Gasteiger partial charge in [-0.2, -0.15) is 0 Å². The number of fused-ring (bicyclic) bond motifs is 3. The van der Waals surface area contributed by atoms with Crippen LogP contribution in [0.3, 0.4) is 0 Å². The number of hydrogen-bond donors (Lipinski definition) is 1. The van der Waals surface area contributed by atoms with Crippen molar-refractivity contribution < 1.29 is 23.4 Å². The zero-order valence-corrected chi connectivity index (χ0v) is 15.6. The Labute approximate surface area is 160 Å². The molecule has 0 atom stereocenters. The Kier molecular flexibility index (Phi) is 4.17. The van der Waals surface area contributed by atoms with Gasteiger partial charge in [0, 0.05) is 24.4 Å². The number of hydrogen-bond acceptors (Lipinski definition) is 4. The summed E-state index contributed by atoms with van der Waals surface area (Å²) in [5.74, 6) is -3.40. The maximum atomic E-state index is 13.5. The summed E-state index contributed by atoms with van der Waals surface area (Å²) in [4.78, 5) is 25.1. The quantitative estimate of drug-likeness (QED) is 0.869. The maximum Gasteiger partial charge on any atom is 0.341 e. The molecule has 0 aliphatic carbocycles. The lowest BCUT2D eigenvalue weighted by Crippen LogP contribution is -2.56. The van der Waals surface area contributed by atoms with Gasteiger partial charge in [0.15, 0.2) is 5.43 Å². The summed E-state index contributed by atoms with van der Waals surface area (Å²) in [6, 6.07) is 3.11. The Hall–Kier alpha value is -2.90. The van der Waals surface area contributed by atoms with E-state index in [0.717, 1.165) is 16.7 Å². The molecule has 0 bridgehead atoms. The van der Waals surface area contributed by atoms with Crippen LogP contribution in [0.4, 0.5) is 14.5 Å². The van der Waals surface area contributed by atoms with Crippen molar-refractivity contribution in [2.75, 3.05) is 25.1 Å². The summed E-state index contributed by atoms with van der Waals surface area (Å²) >= 11 is 0. The normalized spacial score (nSPS) is 16.8. The number of aromatic nitrogens is 1. The van der Waals surface area contributed by atoms with Gasteiger partial charge in [0.25, 0.3) is 5.92 Å². The summed E-state index contributed by atoms with van der Waals surface area (Å²) in [7, 11) is 1.53. The fourth-order valence-electron chi connectivity index (χ4n) is 4.16. The first-order valence-electron chi connectivity index (χ1n) is 9.09. The van der Waals surface area contributed by atoms with E-state index in [4.69, 9.17) is 4.74 Å². The molecule has 148 valence electrons. The van der Waals surface area contributed by atoms with E-state index in [9.17, 15) is 23.5 Å². The summed E-state index contributed by atoms with van der Waals surface area (Å²) in [6.07, 6.45) is 2.65. The third kappa shape index (κ3) is 2.75. The average molecular weight is 390 g/mol. The Morgan fingerprint density at radius 1 is 1.32 bits per heavy atom. The first-order chi connectivity index (χ1) is 13.3. The number of carboxylic acid groups (broad SMARTS) is 1. The number of methoxy groups -OCH3 is 1. The molecule has 0 saturated carbocycles. The highest BCUT2D eigenvalue weighted by atomic mass is 19.3. The summed E-state index contributed by atoms with van der Waals surface area (Å²) < 4.78 is 34.3. The lowest BCUT2D eigenvalue weighted by molar-refractivity contribution is -0.0264. The smallest absolute Gasteiger partial charge is 0.341 e. The van der Waals surface area contributed by atoms with Crippen LogP contribution in [-0.4, -0.2) is 41.8 Å². The molecule has 4 rings (SSSR count). The van der Waals surface area contributed by atoms with Crippen molar-refractivity contribution in [2.45, 2.75) is 32.2 Å². The van der Waals surface area contributed by atoms with Crippen molar-refractivity contribution in [3.63, 3.8) is 0 Å². The third-order valence-corrected chi connectivity index (χ3v) is 5.46. The van der Waals surface area contributed by atoms with E-state index < -0.39 is 17.3 Å². The van der Waals surface area contributed by atoms with Gasteiger partial charge in [0.2, 0.25) is 0 Å². The molecule has 1 N–H and O–H groups in total. The molecule has 0 spiro atoms. The van der Waals surface area contributed by atoms with Gasteiger partial charge in [-0.1, -0.05) is 6.92 Å². The van der Waals surface area contributed by atoms with Gasteiger partial charge in [0.1, 0.15) is 11.3 Å². The van der Waals surface area contributed by atoms with E-state index >= 15 is 0 Å². The third-order valence-electron chi connectivity index (χ3n) is 5.46. The molecule has 28 heavy (non-hydrogen) atoms. The number of halogens is 2. The fraction of sp³-hybridized carbons (Fsp3) is 0.400. The van der Waals surface area contributed by atoms with Gasteiger partial charge in [-0.25, -0.2) is 13.6 Å². The molecule has 3 heterocycles. The number of nitrogens with zero attached hydrogens (tertiary/aromatic N) is 2. The van der Waals surface area contributed by atoms with Crippen LogP contribution in [0.25, 0.3) is 11.3 Å². The highest BCUT2D eigenvalue weighted by molar-refractivity contribution is 5.88. The number of anilines is 1. The first kappa shape index (κ1) is 18.5. The van der Waals surface area contributed by atoms with Crippen molar-refractivity contribution in [3.05, 3.63) is 45.2 Å². The molecular formula is C20H20F2N2O4. The number of aryl methyl sites for hydroxylation is 1. The molecule has 1 aromatic heterocycles. The number of pyridine rings is 1. The molecule has 2 aliphatic heterocycles. The first-order valence-corrected chi connectivity index (χ1v) is 9.09. The van der Waals surface area contributed by atoms with E-state index in [1.807, 2.05) is 6.92 Å². The van der Waals surface area contributed by atoms with Gasteiger partial charge < -0.3 is 19.3 Å². The van der Waals surface area contributed by atoms with E-state index in [1.165, 1.54) is 19.4 Å². The van der Waals surface area contributed by atoms with Crippen LogP contribution in [0, 0.1) is 0 Å². The predicted octanol–water partition coefficient (Wildman–Crippen LogP) is 2.80. The number of carbonyl (C=O) groups is 1. The Morgan fingerprint density at radius 2 is 2.04 bits per heavy atom. The topological polar surface area (TPSA) is 71.8 Å². The minimum Gasteiger partial charge on any atom is -0.494 e. The van der Waals surface area contributed by atoms with Crippen molar-refractivity contribution in [1.82, 2.24) is 4.57 Å². The number of carboxylic acids is 1. The predicted molar refractivity (Wildman–Crippen MR) is 99.9 cm³/mol. The molecule has 0 radical (unpaired) electrons. The van der Waals surface area contributed by atoms with Gasteiger partial charge in [-0.05, 0) is 30.0 Å². The number of alkyl halides is 2. The number of benzene rings is 1.